The number of hydrazone groups is 1. The maximum Gasteiger partial charge on any atom is 0.224 e. The number of nitrogens with one attached hydrogen (secondary N) is 1. The molecule has 5 rings (SSSR count). The summed E-state index contributed by atoms with van der Waals surface area (Å²) < 4.78 is 4.23. The lowest BCUT2D eigenvalue weighted by molar-refractivity contribution is 0.836. The number of benzene rings is 3. The van der Waals surface area contributed by atoms with Gasteiger partial charge in [0.25, 0.3) is 0 Å². The molecule has 5 nitrogen and oxygen atoms in total. The van der Waals surface area contributed by atoms with Crippen molar-refractivity contribution in [3.63, 3.8) is 0 Å². The summed E-state index contributed by atoms with van der Waals surface area (Å²) in [5, 5.41) is 6.36. The Morgan fingerprint density at radius 3 is 2.50 bits per heavy atom. The topological polar surface area (TPSA) is 47.1 Å². The number of para-hydroxylation sites is 3. The first kappa shape index (κ1) is 18.5. The quantitative estimate of drug-likeness (QED) is 0.298. The molecule has 3 aromatic carbocycles. The van der Waals surface area contributed by atoms with Crippen LogP contribution in [-0.2, 0) is 13.6 Å². The van der Waals surface area contributed by atoms with Gasteiger partial charge in [-0.05, 0) is 35.9 Å². The number of aryl methyl sites for hydroxylation is 1. The molecule has 1 N–H and O–H groups in total. The van der Waals surface area contributed by atoms with Gasteiger partial charge in [-0.1, -0.05) is 54.1 Å². The summed E-state index contributed by atoms with van der Waals surface area (Å²) in [7, 11) is 1.98. The minimum Gasteiger partial charge on any atom is -0.342 e. The van der Waals surface area contributed by atoms with Crippen molar-refractivity contribution in [1.82, 2.24) is 14.1 Å². The molecule has 5 aromatic rings. The average molecular weight is 414 g/mol. The van der Waals surface area contributed by atoms with Gasteiger partial charge in [0.2, 0.25) is 5.95 Å². The molecule has 30 heavy (non-hydrogen) atoms. The van der Waals surface area contributed by atoms with E-state index in [4.69, 9.17) is 11.6 Å². The SMILES string of the molecule is Cn1c(N/N=C\c2cn(Cc3ccc(Cl)cc3)c3ccccc23)nc2ccccc21. The molecule has 0 saturated carbocycles. The summed E-state index contributed by atoms with van der Waals surface area (Å²) >= 11 is 6.02. The molecule has 0 bridgehead atoms. The smallest absolute Gasteiger partial charge is 0.224 e. The molecule has 6 heteroatoms. The molecule has 148 valence electrons. The molecule has 0 aliphatic carbocycles. The Morgan fingerprint density at radius 1 is 0.967 bits per heavy atom. The van der Waals surface area contributed by atoms with Crippen LogP contribution in [0.4, 0.5) is 5.95 Å². The fourth-order valence-electron chi connectivity index (χ4n) is 3.70. The van der Waals surface area contributed by atoms with Crippen LogP contribution < -0.4 is 5.43 Å². The maximum absolute atomic E-state index is 6.02. The second-order valence-electron chi connectivity index (χ2n) is 7.21. The number of rotatable bonds is 5. The summed E-state index contributed by atoms with van der Waals surface area (Å²) in [5.41, 5.74) is 8.49. The highest BCUT2D eigenvalue weighted by Gasteiger charge is 2.08. The van der Waals surface area contributed by atoms with Gasteiger partial charge >= 0.3 is 0 Å². The number of halogens is 1. The molecule has 2 heterocycles. The van der Waals surface area contributed by atoms with Gasteiger partial charge in [0, 0.05) is 41.3 Å². The molecule has 0 atom stereocenters. The fraction of sp³-hybridized carbons (Fsp3) is 0.0833. The molecule has 0 radical (unpaired) electrons. The Morgan fingerprint density at radius 2 is 1.70 bits per heavy atom. The van der Waals surface area contributed by atoms with Gasteiger partial charge in [0.1, 0.15) is 0 Å². The van der Waals surface area contributed by atoms with E-state index in [-0.39, 0.29) is 0 Å². The number of anilines is 1. The van der Waals surface area contributed by atoms with E-state index in [1.54, 1.807) is 0 Å². The lowest BCUT2D eigenvalue weighted by Gasteiger charge is -2.05. The molecular weight excluding hydrogens is 394 g/mol. The summed E-state index contributed by atoms with van der Waals surface area (Å²) in [6.07, 6.45) is 3.97. The van der Waals surface area contributed by atoms with Crippen LogP contribution in [0.5, 0.6) is 0 Å². The second kappa shape index (κ2) is 7.69. The monoisotopic (exact) mass is 413 g/mol. The van der Waals surface area contributed by atoms with E-state index >= 15 is 0 Å². The Kier molecular flexibility index (Phi) is 4.73. The predicted octanol–water partition coefficient (Wildman–Crippen LogP) is 5.68. The normalized spacial score (nSPS) is 11.7. The second-order valence-corrected chi connectivity index (χ2v) is 7.65. The van der Waals surface area contributed by atoms with Crippen LogP contribution in [0.15, 0.2) is 84.1 Å². The standard InChI is InChI=1S/C24H20ClN5/c1-29-23-9-5-3-7-21(23)27-24(29)28-26-14-18-16-30(22-8-4-2-6-20(18)22)15-17-10-12-19(25)13-11-17/h2-14,16H,15H2,1H3,(H,27,28)/b26-14-. The molecule has 0 spiro atoms. The van der Waals surface area contributed by atoms with Crippen LogP contribution in [0, 0.1) is 0 Å². The van der Waals surface area contributed by atoms with Crippen LogP contribution in [0.2, 0.25) is 5.02 Å². The van der Waals surface area contributed by atoms with Gasteiger partial charge in [-0.3, -0.25) is 0 Å². The van der Waals surface area contributed by atoms with E-state index in [2.05, 4.69) is 56.6 Å². The Hall–Kier alpha value is -3.57. The number of fused-ring (bicyclic) bond motifs is 2. The summed E-state index contributed by atoms with van der Waals surface area (Å²) in [4.78, 5) is 4.60. The van der Waals surface area contributed by atoms with Crippen molar-refractivity contribution < 1.29 is 0 Å². The molecule has 0 aliphatic heterocycles. The van der Waals surface area contributed by atoms with Crippen LogP contribution in [0.25, 0.3) is 21.9 Å². The zero-order valence-electron chi connectivity index (χ0n) is 16.5. The molecule has 0 aliphatic rings. The van der Waals surface area contributed by atoms with Gasteiger partial charge < -0.3 is 9.13 Å². The van der Waals surface area contributed by atoms with Crippen molar-refractivity contribution in [3.8, 4) is 0 Å². The highest BCUT2D eigenvalue weighted by atomic mass is 35.5. The van der Waals surface area contributed by atoms with E-state index in [9.17, 15) is 0 Å². The van der Waals surface area contributed by atoms with Crippen molar-refractivity contribution in [1.29, 1.82) is 0 Å². The number of imidazole rings is 1. The Labute approximate surface area is 179 Å². The fourth-order valence-corrected chi connectivity index (χ4v) is 3.83. The molecular formula is C24H20ClN5. The van der Waals surface area contributed by atoms with Crippen LogP contribution in [0.1, 0.15) is 11.1 Å². The van der Waals surface area contributed by atoms with Crippen molar-refractivity contribution in [3.05, 3.63) is 95.1 Å². The van der Waals surface area contributed by atoms with E-state index < -0.39 is 0 Å². The van der Waals surface area contributed by atoms with Gasteiger partial charge in [-0.25, -0.2) is 10.4 Å². The first-order valence-corrected chi connectivity index (χ1v) is 10.1. The van der Waals surface area contributed by atoms with E-state index in [1.807, 2.05) is 60.3 Å². The third-order valence-corrected chi connectivity index (χ3v) is 5.49. The summed E-state index contributed by atoms with van der Waals surface area (Å²) in [5.74, 6) is 0.706. The van der Waals surface area contributed by atoms with Gasteiger partial charge in [-0.2, -0.15) is 5.10 Å². The average Bonchev–Trinajstić information content (AvgIpc) is 3.28. The largest absolute Gasteiger partial charge is 0.342 e. The van der Waals surface area contributed by atoms with Crippen LogP contribution in [-0.4, -0.2) is 20.3 Å². The highest BCUT2D eigenvalue weighted by Crippen LogP contribution is 2.22. The molecule has 0 unspecified atom stereocenters. The Bertz CT molecular complexity index is 1360. The lowest BCUT2D eigenvalue weighted by atomic mass is 10.2. The Balaban J connectivity index is 1.43. The highest BCUT2D eigenvalue weighted by molar-refractivity contribution is 6.30. The van der Waals surface area contributed by atoms with Crippen LogP contribution in [0.3, 0.4) is 0 Å². The number of hydrogen-bond acceptors (Lipinski definition) is 3. The number of aromatic nitrogens is 3. The van der Waals surface area contributed by atoms with Gasteiger partial charge in [0.05, 0.1) is 17.2 Å². The maximum atomic E-state index is 6.02. The van der Waals surface area contributed by atoms with Crippen LogP contribution >= 0.6 is 11.6 Å². The third-order valence-electron chi connectivity index (χ3n) is 5.24. The number of nitrogens with zero attached hydrogens (tertiary/aromatic N) is 4. The minimum absolute atomic E-state index is 0.706. The minimum atomic E-state index is 0.706. The van der Waals surface area contributed by atoms with E-state index in [1.165, 1.54) is 5.56 Å². The summed E-state index contributed by atoms with van der Waals surface area (Å²) in [6, 6.07) is 24.3. The van der Waals surface area contributed by atoms with Crippen molar-refractivity contribution in [2.24, 2.45) is 12.1 Å². The van der Waals surface area contributed by atoms with Crippen molar-refractivity contribution in [2.45, 2.75) is 6.54 Å². The van der Waals surface area contributed by atoms with Crippen molar-refractivity contribution in [2.75, 3.05) is 5.43 Å². The van der Waals surface area contributed by atoms with E-state index in [0.29, 0.717) is 5.95 Å². The van der Waals surface area contributed by atoms with Gasteiger partial charge in [0.15, 0.2) is 0 Å². The molecule has 2 aromatic heterocycles. The number of hydrogen-bond donors (Lipinski definition) is 1. The van der Waals surface area contributed by atoms with Gasteiger partial charge in [-0.15, -0.1) is 0 Å². The molecule has 0 amide bonds. The predicted molar refractivity (Wildman–Crippen MR) is 124 cm³/mol. The summed E-state index contributed by atoms with van der Waals surface area (Å²) in [6.45, 7) is 0.768. The first-order valence-electron chi connectivity index (χ1n) is 9.72. The zero-order valence-corrected chi connectivity index (χ0v) is 17.2. The van der Waals surface area contributed by atoms with E-state index in [0.717, 1.165) is 39.1 Å². The zero-order chi connectivity index (χ0) is 20.5. The lowest BCUT2D eigenvalue weighted by Crippen LogP contribution is -1.99. The molecule has 0 fully saturated rings. The third kappa shape index (κ3) is 3.44. The molecule has 0 saturated heterocycles. The first-order chi connectivity index (χ1) is 14.7. The van der Waals surface area contributed by atoms with Crippen molar-refractivity contribution >= 4 is 45.7 Å².